The van der Waals surface area contributed by atoms with Crippen LogP contribution < -0.4 is 4.74 Å². The van der Waals surface area contributed by atoms with Crippen molar-refractivity contribution in [3.8, 4) is 5.88 Å². The second kappa shape index (κ2) is 6.74. The third-order valence-electron chi connectivity index (χ3n) is 5.52. The van der Waals surface area contributed by atoms with Gasteiger partial charge in [0.15, 0.2) is 0 Å². The van der Waals surface area contributed by atoms with Gasteiger partial charge in [-0.1, -0.05) is 0 Å². The van der Waals surface area contributed by atoms with Crippen molar-refractivity contribution in [3.63, 3.8) is 0 Å². The van der Waals surface area contributed by atoms with E-state index in [1.807, 2.05) is 0 Å². The van der Waals surface area contributed by atoms with Gasteiger partial charge in [0.05, 0.1) is 18.0 Å². The summed E-state index contributed by atoms with van der Waals surface area (Å²) in [6.07, 6.45) is 5.53. The first kappa shape index (κ1) is 17.1. The first-order valence-corrected chi connectivity index (χ1v) is 9.41. The van der Waals surface area contributed by atoms with Gasteiger partial charge >= 0.3 is 0 Å². The molecule has 2 saturated heterocycles. The first-order chi connectivity index (χ1) is 12.0. The van der Waals surface area contributed by atoms with Crippen LogP contribution in [0.4, 0.5) is 0 Å². The SMILES string of the molecule is Cc1cn([C@@H]2CCOC2)c2nc(Cl)nc(O[C@@H](C)[C@@H]3CCCN3C)c12. The van der Waals surface area contributed by atoms with E-state index in [2.05, 4.69) is 46.5 Å². The van der Waals surface area contributed by atoms with Gasteiger partial charge in [-0.3, -0.25) is 4.90 Å². The molecule has 3 atom stereocenters. The number of fused-ring (bicyclic) bond motifs is 1. The third kappa shape index (κ3) is 3.11. The van der Waals surface area contributed by atoms with Crippen molar-refractivity contribution in [1.29, 1.82) is 0 Å². The highest BCUT2D eigenvalue weighted by Crippen LogP contribution is 2.34. The predicted molar refractivity (Wildman–Crippen MR) is 97.5 cm³/mol. The number of nitrogens with zero attached hydrogens (tertiary/aromatic N) is 4. The summed E-state index contributed by atoms with van der Waals surface area (Å²) in [6.45, 7) is 6.81. The molecule has 136 valence electrons. The summed E-state index contributed by atoms with van der Waals surface area (Å²) in [5, 5.41) is 1.19. The van der Waals surface area contributed by atoms with Crippen molar-refractivity contribution in [1.82, 2.24) is 19.4 Å². The van der Waals surface area contributed by atoms with Gasteiger partial charge in [0.1, 0.15) is 11.8 Å². The molecule has 4 rings (SSSR count). The van der Waals surface area contributed by atoms with E-state index < -0.39 is 0 Å². The summed E-state index contributed by atoms with van der Waals surface area (Å²) < 4.78 is 14.0. The van der Waals surface area contributed by atoms with Crippen LogP contribution in [0.5, 0.6) is 5.88 Å². The lowest BCUT2D eigenvalue weighted by Crippen LogP contribution is -2.38. The Morgan fingerprint density at radius 2 is 2.20 bits per heavy atom. The van der Waals surface area contributed by atoms with Gasteiger partial charge in [0, 0.05) is 18.8 Å². The van der Waals surface area contributed by atoms with Crippen molar-refractivity contribution in [2.24, 2.45) is 0 Å². The fourth-order valence-corrected chi connectivity index (χ4v) is 4.32. The number of likely N-dealkylation sites (N-methyl/N-ethyl adjacent to an activating group) is 1. The molecular formula is C18H25ClN4O2. The topological polar surface area (TPSA) is 52.4 Å². The van der Waals surface area contributed by atoms with Crippen LogP contribution in [-0.4, -0.2) is 58.4 Å². The number of hydrogen-bond donors (Lipinski definition) is 0. The maximum atomic E-state index is 6.30. The van der Waals surface area contributed by atoms with Crippen molar-refractivity contribution in [2.45, 2.75) is 51.3 Å². The largest absolute Gasteiger partial charge is 0.472 e. The molecule has 0 amide bonds. The third-order valence-corrected chi connectivity index (χ3v) is 5.69. The zero-order valence-electron chi connectivity index (χ0n) is 15.0. The Morgan fingerprint density at radius 3 is 2.88 bits per heavy atom. The smallest absolute Gasteiger partial charge is 0.228 e. The summed E-state index contributed by atoms with van der Waals surface area (Å²) in [4.78, 5) is 11.3. The van der Waals surface area contributed by atoms with Crippen LogP contribution in [0.2, 0.25) is 5.28 Å². The molecule has 2 aliphatic rings. The maximum absolute atomic E-state index is 6.30. The molecule has 0 aromatic carbocycles. The molecule has 2 fully saturated rings. The van der Waals surface area contributed by atoms with Gasteiger partial charge in [0.2, 0.25) is 11.2 Å². The van der Waals surface area contributed by atoms with Gasteiger partial charge in [-0.15, -0.1) is 0 Å². The highest BCUT2D eigenvalue weighted by molar-refractivity contribution is 6.28. The monoisotopic (exact) mass is 364 g/mol. The molecule has 2 aromatic heterocycles. The molecule has 4 heterocycles. The molecule has 0 radical (unpaired) electrons. The zero-order valence-corrected chi connectivity index (χ0v) is 15.8. The summed E-state index contributed by atoms with van der Waals surface area (Å²) in [6, 6.07) is 0.711. The number of ether oxygens (including phenoxy) is 2. The van der Waals surface area contributed by atoms with Crippen LogP contribution in [0, 0.1) is 6.92 Å². The Morgan fingerprint density at radius 1 is 1.36 bits per heavy atom. The fraction of sp³-hybridized carbons (Fsp3) is 0.667. The summed E-state index contributed by atoms with van der Waals surface area (Å²) in [7, 11) is 2.15. The highest BCUT2D eigenvalue weighted by atomic mass is 35.5. The maximum Gasteiger partial charge on any atom is 0.228 e. The van der Waals surface area contributed by atoms with E-state index in [0.717, 1.165) is 42.6 Å². The zero-order chi connectivity index (χ0) is 17.6. The van der Waals surface area contributed by atoms with Crippen LogP contribution >= 0.6 is 11.6 Å². The number of aromatic nitrogens is 3. The van der Waals surface area contributed by atoms with Gasteiger partial charge in [-0.2, -0.15) is 9.97 Å². The lowest BCUT2D eigenvalue weighted by atomic mass is 10.1. The van der Waals surface area contributed by atoms with E-state index in [-0.39, 0.29) is 11.4 Å². The summed E-state index contributed by atoms with van der Waals surface area (Å²) in [5.41, 5.74) is 1.95. The number of aryl methyl sites for hydroxylation is 1. The molecule has 25 heavy (non-hydrogen) atoms. The van der Waals surface area contributed by atoms with Crippen LogP contribution in [0.15, 0.2) is 6.20 Å². The molecule has 0 spiro atoms. The minimum atomic E-state index is 0.0548. The van der Waals surface area contributed by atoms with E-state index in [4.69, 9.17) is 21.1 Å². The Bertz CT molecular complexity index is 772. The van der Waals surface area contributed by atoms with Crippen LogP contribution in [0.25, 0.3) is 11.0 Å². The van der Waals surface area contributed by atoms with Gasteiger partial charge in [-0.05, 0) is 63.9 Å². The molecular weight excluding hydrogens is 340 g/mol. The Labute approximate surface area is 153 Å². The second-order valence-electron chi connectivity index (χ2n) is 7.25. The van der Waals surface area contributed by atoms with E-state index in [1.165, 1.54) is 6.42 Å². The van der Waals surface area contributed by atoms with Gasteiger partial charge in [-0.25, -0.2) is 0 Å². The van der Waals surface area contributed by atoms with Gasteiger partial charge < -0.3 is 14.0 Å². The van der Waals surface area contributed by atoms with Crippen LogP contribution in [0.1, 0.15) is 37.8 Å². The average Bonchev–Trinajstić information content (AvgIpc) is 3.27. The van der Waals surface area contributed by atoms with Crippen LogP contribution in [-0.2, 0) is 4.74 Å². The molecule has 0 N–H and O–H groups in total. The molecule has 0 unspecified atom stereocenters. The minimum Gasteiger partial charge on any atom is -0.472 e. The first-order valence-electron chi connectivity index (χ1n) is 9.04. The van der Waals surface area contributed by atoms with Crippen molar-refractivity contribution < 1.29 is 9.47 Å². The van der Waals surface area contributed by atoms with Crippen molar-refractivity contribution in [2.75, 3.05) is 26.8 Å². The highest BCUT2D eigenvalue weighted by Gasteiger charge is 2.30. The average molecular weight is 365 g/mol. The van der Waals surface area contributed by atoms with Crippen molar-refractivity contribution in [3.05, 3.63) is 17.0 Å². The minimum absolute atomic E-state index is 0.0548. The van der Waals surface area contributed by atoms with E-state index in [0.29, 0.717) is 24.6 Å². The Hall–Kier alpha value is -1.37. The predicted octanol–water partition coefficient (Wildman–Crippen LogP) is 3.22. The lowest BCUT2D eigenvalue weighted by Gasteiger charge is -2.26. The number of likely N-dealkylation sites (tertiary alicyclic amines) is 1. The quantitative estimate of drug-likeness (QED) is 0.780. The second-order valence-corrected chi connectivity index (χ2v) is 7.58. The van der Waals surface area contributed by atoms with Gasteiger partial charge in [0.25, 0.3) is 0 Å². The van der Waals surface area contributed by atoms with Crippen LogP contribution in [0.3, 0.4) is 0 Å². The Kier molecular flexibility index (Phi) is 4.60. The van der Waals surface area contributed by atoms with E-state index >= 15 is 0 Å². The number of hydrogen-bond acceptors (Lipinski definition) is 5. The normalized spacial score (nSPS) is 25.8. The molecule has 7 heteroatoms. The fourth-order valence-electron chi connectivity index (χ4n) is 4.16. The van der Waals surface area contributed by atoms with Crippen molar-refractivity contribution >= 4 is 22.6 Å². The number of rotatable bonds is 4. The molecule has 0 aliphatic carbocycles. The molecule has 0 bridgehead atoms. The summed E-state index contributed by atoms with van der Waals surface area (Å²) in [5.74, 6) is 0.595. The lowest BCUT2D eigenvalue weighted by molar-refractivity contribution is 0.118. The van der Waals surface area contributed by atoms with E-state index in [1.54, 1.807) is 0 Å². The standard InChI is InChI=1S/C18H25ClN4O2/c1-11-9-23(13-6-8-24-10-13)16-15(11)17(21-18(19)20-16)25-12(2)14-5-4-7-22(14)3/h9,12-14H,4-8,10H2,1-3H3/t12-,13+,14-/m0/s1. The molecule has 2 aliphatic heterocycles. The molecule has 2 aromatic rings. The molecule has 6 nitrogen and oxygen atoms in total. The Balaban J connectivity index is 1.71. The number of halogens is 1. The van der Waals surface area contributed by atoms with E-state index in [9.17, 15) is 0 Å². The summed E-state index contributed by atoms with van der Waals surface area (Å²) >= 11 is 6.23. The molecule has 0 saturated carbocycles.